The lowest BCUT2D eigenvalue weighted by Gasteiger charge is -2.05. The lowest BCUT2D eigenvalue weighted by Crippen LogP contribution is -2.26. The number of halogens is 1. The van der Waals surface area contributed by atoms with Crippen LogP contribution in [0, 0.1) is 5.82 Å². The summed E-state index contributed by atoms with van der Waals surface area (Å²) in [6.45, 7) is 3.53. The van der Waals surface area contributed by atoms with Crippen LogP contribution < -0.4 is 5.32 Å². The van der Waals surface area contributed by atoms with Crippen molar-refractivity contribution in [1.82, 2.24) is 5.32 Å². The normalized spacial score (nSPS) is 14.6. The summed E-state index contributed by atoms with van der Waals surface area (Å²) in [5.41, 5.74) is 1.26. The van der Waals surface area contributed by atoms with Crippen LogP contribution in [0.1, 0.15) is 24.0 Å². The van der Waals surface area contributed by atoms with Gasteiger partial charge in [0.15, 0.2) is 0 Å². The number of carbonyl (C=O) groups excluding carboxylic acids is 1. The van der Waals surface area contributed by atoms with E-state index >= 15 is 0 Å². The molecule has 0 atom stereocenters. The van der Waals surface area contributed by atoms with Gasteiger partial charge < -0.3 is 5.32 Å². The topological polar surface area (TPSA) is 29.1 Å². The SMILES string of the molecule is C=Cc1cc(CC(=O)NC2CC2)ccc1F. The van der Waals surface area contributed by atoms with E-state index in [1.54, 1.807) is 12.1 Å². The summed E-state index contributed by atoms with van der Waals surface area (Å²) in [5.74, 6) is -0.300. The Hall–Kier alpha value is -1.64. The van der Waals surface area contributed by atoms with Crippen LogP contribution in [0.5, 0.6) is 0 Å². The first-order valence-corrected chi connectivity index (χ1v) is 5.39. The summed E-state index contributed by atoms with van der Waals surface area (Å²) in [4.78, 5) is 11.5. The van der Waals surface area contributed by atoms with Crippen molar-refractivity contribution in [3.8, 4) is 0 Å². The molecule has 0 aliphatic heterocycles. The van der Waals surface area contributed by atoms with Crippen molar-refractivity contribution < 1.29 is 9.18 Å². The van der Waals surface area contributed by atoms with E-state index in [1.165, 1.54) is 12.1 Å². The molecule has 1 aliphatic carbocycles. The summed E-state index contributed by atoms with van der Waals surface area (Å²) in [6.07, 6.45) is 3.91. The van der Waals surface area contributed by atoms with Gasteiger partial charge in [0.2, 0.25) is 5.91 Å². The third kappa shape index (κ3) is 2.69. The number of benzene rings is 1. The summed E-state index contributed by atoms with van der Waals surface area (Å²) >= 11 is 0. The van der Waals surface area contributed by atoms with Crippen molar-refractivity contribution in [2.45, 2.75) is 25.3 Å². The number of nitrogens with one attached hydrogen (secondary N) is 1. The predicted molar refractivity (Wildman–Crippen MR) is 61.4 cm³/mol. The average molecular weight is 219 g/mol. The van der Waals surface area contributed by atoms with E-state index in [9.17, 15) is 9.18 Å². The molecule has 1 amide bonds. The molecule has 0 unspecified atom stereocenters. The van der Waals surface area contributed by atoms with E-state index in [0.29, 0.717) is 18.0 Å². The van der Waals surface area contributed by atoms with Crippen LogP contribution in [0.3, 0.4) is 0 Å². The highest BCUT2D eigenvalue weighted by atomic mass is 19.1. The van der Waals surface area contributed by atoms with Gasteiger partial charge in [-0.25, -0.2) is 4.39 Å². The number of hydrogen-bond donors (Lipinski definition) is 1. The Labute approximate surface area is 94.2 Å². The number of hydrogen-bond acceptors (Lipinski definition) is 1. The monoisotopic (exact) mass is 219 g/mol. The standard InChI is InChI=1S/C13H14FNO/c1-2-10-7-9(3-6-12(10)14)8-13(16)15-11-4-5-11/h2-3,6-7,11H,1,4-5,8H2,(H,15,16). The van der Waals surface area contributed by atoms with E-state index in [0.717, 1.165) is 18.4 Å². The van der Waals surface area contributed by atoms with Crippen LogP contribution in [0.4, 0.5) is 4.39 Å². The van der Waals surface area contributed by atoms with Crippen LogP contribution >= 0.6 is 0 Å². The minimum absolute atomic E-state index is 0.00382. The molecule has 1 saturated carbocycles. The molecule has 1 fully saturated rings. The predicted octanol–water partition coefficient (Wildman–Crippen LogP) is 2.29. The first-order valence-electron chi connectivity index (χ1n) is 5.39. The molecule has 2 nitrogen and oxygen atoms in total. The number of amides is 1. The lowest BCUT2D eigenvalue weighted by molar-refractivity contribution is -0.120. The van der Waals surface area contributed by atoms with E-state index in [2.05, 4.69) is 11.9 Å². The van der Waals surface area contributed by atoms with Crippen LogP contribution in [-0.4, -0.2) is 11.9 Å². The Bertz CT molecular complexity index is 424. The first-order chi connectivity index (χ1) is 7.69. The van der Waals surface area contributed by atoms with E-state index in [-0.39, 0.29) is 11.7 Å². The summed E-state index contributed by atoms with van der Waals surface area (Å²) in [5, 5.41) is 2.90. The quantitative estimate of drug-likeness (QED) is 0.827. The van der Waals surface area contributed by atoms with Crippen LogP contribution in [0.15, 0.2) is 24.8 Å². The Morgan fingerprint density at radius 1 is 1.56 bits per heavy atom. The molecule has 0 saturated heterocycles. The minimum Gasteiger partial charge on any atom is -0.353 e. The minimum atomic E-state index is -0.304. The number of carbonyl (C=O) groups is 1. The highest BCUT2D eigenvalue weighted by Gasteiger charge is 2.23. The molecule has 3 heteroatoms. The zero-order valence-corrected chi connectivity index (χ0v) is 9.00. The van der Waals surface area contributed by atoms with Crippen molar-refractivity contribution in [2.24, 2.45) is 0 Å². The molecule has 0 heterocycles. The second-order valence-corrected chi connectivity index (χ2v) is 4.08. The Morgan fingerprint density at radius 2 is 2.31 bits per heavy atom. The highest BCUT2D eigenvalue weighted by Crippen LogP contribution is 2.19. The van der Waals surface area contributed by atoms with Crippen molar-refractivity contribution >= 4 is 12.0 Å². The molecule has 1 N–H and O–H groups in total. The Balaban J connectivity index is 2.02. The smallest absolute Gasteiger partial charge is 0.224 e. The molecule has 16 heavy (non-hydrogen) atoms. The molecule has 0 bridgehead atoms. The van der Waals surface area contributed by atoms with E-state index in [4.69, 9.17) is 0 Å². The largest absolute Gasteiger partial charge is 0.353 e. The maximum Gasteiger partial charge on any atom is 0.224 e. The second-order valence-electron chi connectivity index (χ2n) is 4.08. The van der Waals surface area contributed by atoms with Crippen LogP contribution in [0.2, 0.25) is 0 Å². The van der Waals surface area contributed by atoms with Crippen molar-refractivity contribution in [3.05, 3.63) is 41.7 Å². The third-order valence-electron chi connectivity index (χ3n) is 2.59. The molecule has 0 radical (unpaired) electrons. The maximum atomic E-state index is 13.2. The fourth-order valence-corrected chi connectivity index (χ4v) is 1.55. The van der Waals surface area contributed by atoms with Gasteiger partial charge in [-0.05, 0) is 30.5 Å². The number of rotatable bonds is 4. The lowest BCUT2D eigenvalue weighted by atomic mass is 10.1. The third-order valence-corrected chi connectivity index (χ3v) is 2.59. The van der Waals surface area contributed by atoms with E-state index < -0.39 is 0 Å². The Morgan fingerprint density at radius 3 is 2.94 bits per heavy atom. The molecule has 1 aromatic carbocycles. The molecule has 2 rings (SSSR count). The van der Waals surface area contributed by atoms with Gasteiger partial charge in [0, 0.05) is 11.6 Å². The van der Waals surface area contributed by atoms with Crippen molar-refractivity contribution in [3.63, 3.8) is 0 Å². The summed E-state index contributed by atoms with van der Waals surface area (Å²) < 4.78 is 13.2. The molecular weight excluding hydrogens is 205 g/mol. The first kappa shape index (κ1) is 10.9. The van der Waals surface area contributed by atoms with Gasteiger partial charge in [-0.15, -0.1) is 0 Å². The second kappa shape index (κ2) is 4.47. The van der Waals surface area contributed by atoms with Gasteiger partial charge in [0.25, 0.3) is 0 Å². The molecule has 84 valence electrons. The molecule has 1 aliphatic rings. The van der Waals surface area contributed by atoms with Gasteiger partial charge in [0.1, 0.15) is 5.82 Å². The van der Waals surface area contributed by atoms with Crippen molar-refractivity contribution in [1.29, 1.82) is 0 Å². The van der Waals surface area contributed by atoms with Gasteiger partial charge in [0.05, 0.1) is 6.42 Å². The maximum absolute atomic E-state index is 13.2. The zero-order chi connectivity index (χ0) is 11.5. The van der Waals surface area contributed by atoms with Gasteiger partial charge >= 0.3 is 0 Å². The summed E-state index contributed by atoms with van der Waals surface area (Å²) in [7, 11) is 0. The highest BCUT2D eigenvalue weighted by molar-refractivity contribution is 5.79. The zero-order valence-electron chi connectivity index (χ0n) is 9.00. The molecule has 0 spiro atoms. The van der Waals surface area contributed by atoms with Crippen LogP contribution in [-0.2, 0) is 11.2 Å². The van der Waals surface area contributed by atoms with E-state index in [1.807, 2.05) is 0 Å². The fraction of sp³-hybridized carbons (Fsp3) is 0.308. The molecule has 1 aromatic rings. The van der Waals surface area contributed by atoms with Crippen molar-refractivity contribution in [2.75, 3.05) is 0 Å². The summed E-state index contributed by atoms with van der Waals surface area (Å²) in [6, 6.07) is 5.03. The average Bonchev–Trinajstić information content (AvgIpc) is 3.04. The molecule has 0 aromatic heterocycles. The molecular formula is C13H14FNO. The van der Waals surface area contributed by atoms with Gasteiger partial charge in [-0.2, -0.15) is 0 Å². The van der Waals surface area contributed by atoms with Gasteiger partial charge in [-0.1, -0.05) is 18.7 Å². The Kier molecular flexibility index (Phi) is 3.04. The van der Waals surface area contributed by atoms with Gasteiger partial charge in [-0.3, -0.25) is 4.79 Å². The van der Waals surface area contributed by atoms with Crippen LogP contribution in [0.25, 0.3) is 6.08 Å². The fourth-order valence-electron chi connectivity index (χ4n) is 1.55.